The number of para-hydroxylation sites is 1. The Morgan fingerprint density at radius 2 is 1.95 bits per heavy atom. The van der Waals surface area contributed by atoms with Crippen molar-refractivity contribution in [3.05, 3.63) is 29.8 Å². The van der Waals surface area contributed by atoms with Crippen LogP contribution >= 0.6 is 0 Å². The Kier molecular flexibility index (Phi) is 3.88. The molecule has 1 fully saturated rings. The van der Waals surface area contributed by atoms with E-state index < -0.39 is 17.2 Å². The minimum absolute atomic E-state index is 0.215. The largest absolute Gasteiger partial charge is 0.496 e. The molecule has 102 valence electrons. The molecule has 0 saturated heterocycles. The zero-order valence-electron chi connectivity index (χ0n) is 11.3. The third kappa shape index (κ3) is 2.23. The second kappa shape index (κ2) is 5.43. The molecule has 0 N–H and O–H groups in total. The molecule has 0 radical (unpaired) electrons. The Labute approximate surface area is 112 Å². The number of hydrogen-bond acceptors (Lipinski definition) is 4. The van der Waals surface area contributed by atoms with Crippen molar-refractivity contribution in [2.75, 3.05) is 13.7 Å². The van der Waals surface area contributed by atoms with Crippen LogP contribution in [-0.4, -0.2) is 25.5 Å². The van der Waals surface area contributed by atoms with E-state index in [2.05, 4.69) is 0 Å². The predicted octanol–water partition coefficient (Wildman–Crippen LogP) is 2.25. The summed E-state index contributed by atoms with van der Waals surface area (Å²) >= 11 is 0. The minimum Gasteiger partial charge on any atom is -0.496 e. The molecular weight excluding hydrogens is 244 g/mol. The number of ketones is 1. The molecule has 19 heavy (non-hydrogen) atoms. The van der Waals surface area contributed by atoms with Crippen molar-refractivity contribution in [2.24, 2.45) is 0 Å². The first-order chi connectivity index (χ1) is 9.15. The molecule has 1 saturated carbocycles. The number of benzene rings is 1. The topological polar surface area (TPSA) is 52.6 Å². The van der Waals surface area contributed by atoms with Gasteiger partial charge in [-0.25, -0.2) is 4.79 Å². The van der Waals surface area contributed by atoms with Crippen LogP contribution in [0.5, 0.6) is 5.75 Å². The number of esters is 1. The number of carbonyl (C=O) groups excluding carboxylic acids is 2. The van der Waals surface area contributed by atoms with Crippen LogP contribution in [0.15, 0.2) is 24.3 Å². The molecule has 4 nitrogen and oxygen atoms in total. The molecule has 2 rings (SSSR count). The van der Waals surface area contributed by atoms with E-state index in [9.17, 15) is 9.59 Å². The molecule has 0 amide bonds. The molecule has 0 heterocycles. The number of rotatable bonds is 5. The Balaban J connectivity index is 2.37. The zero-order valence-corrected chi connectivity index (χ0v) is 11.3. The van der Waals surface area contributed by atoms with Gasteiger partial charge in [0.1, 0.15) is 5.75 Å². The third-order valence-corrected chi connectivity index (χ3v) is 3.73. The fourth-order valence-electron chi connectivity index (χ4n) is 2.58. The second-order valence-electron chi connectivity index (χ2n) is 4.69. The highest BCUT2D eigenvalue weighted by molar-refractivity contribution is 6.37. The Morgan fingerprint density at radius 3 is 2.47 bits per heavy atom. The standard InChI is InChI=1S/C15H18O4/c1-3-19-14(17)13(16)15(9-6-10-15)11-7-4-5-8-12(11)18-2/h4-5,7-8H,3,6,9-10H2,1-2H3. The van der Waals surface area contributed by atoms with Crippen molar-refractivity contribution >= 4 is 11.8 Å². The van der Waals surface area contributed by atoms with Gasteiger partial charge >= 0.3 is 5.97 Å². The molecule has 0 bridgehead atoms. The zero-order chi connectivity index (χ0) is 13.9. The number of Topliss-reactive ketones (excluding diaryl/α,β-unsaturated/α-hetero) is 1. The smallest absolute Gasteiger partial charge is 0.375 e. The Morgan fingerprint density at radius 1 is 1.26 bits per heavy atom. The molecule has 0 aromatic heterocycles. The average molecular weight is 262 g/mol. The van der Waals surface area contributed by atoms with Gasteiger partial charge in [-0.3, -0.25) is 4.79 Å². The lowest BCUT2D eigenvalue weighted by atomic mass is 9.61. The van der Waals surface area contributed by atoms with Gasteiger partial charge < -0.3 is 9.47 Å². The quantitative estimate of drug-likeness (QED) is 0.603. The van der Waals surface area contributed by atoms with Gasteiger partial charge in [-0.1, -0.05) is 24.6 Å². The summed E-state index contributed by atoms with van der Waals surface area (Å²) in [6.07, 6.45) is 2.28. The van der Waals surface area contributed by atoms with E-state index in [0.717, 1.165) is 12.0 Å². The predicted molar refractivity (Wildman–Crippen MR) is 70.2 cm³/mol. The summed E-state index contributed by atoms with van der Waals surface area (Å²) in [6, 6.07) is 7.38. The molecule has 1 aromatic rings. The Bertz CT molecular complexity index is 489. The maximum Gasteiger partial charge on any atom is 0.375 e. The highest BCUT2D eigenvalue weighted by Gasteiger charge is 2.50. The normalized spacial score (nSPS) is 16.3. The monoisotopic (exact) mass is 262 g/mol. The Hall–Kier alpha value is -1.84. The number of hydrogen-bond donors (Lipinski definition) is 0. The second-order valence-corrected chi connectivity index (χ2v) is 4.69. The van der Waals surface area contributed by atoms with Crippen LogP contribution in [0.4, 0.5) is 0 Å². The number of methoxy groups -OCH3 is 1. The van der Waals surface area contributed by atoms with E-state index >= 15 is 0 Å². The minimum atomic E-state index is -0.751. The fraction of sp³-hybridized carbons (Fsp3) is 0.467. The lowest BCUT2D eigenvalue weighted by Crippen LogP contribution is -2.47. The highest BCUT2D eigenvalue weighted by atomic mass is 16.5. The van der Waals surface area contributed by atoms with Gasteiger partial charge in [-0.05, 0) is 25.8 Å². The fourth-order valence-corrected chi connectivity index (χ4v) is 2.58. The van der Waals surface area contributed by atoms with Crippen LogP contribution < -0.4 is 4.74 Å². The first-order valence-electron chi connectivity index (χ1n) is 6.50. The molecule has 1 aliphatic carbocycles. The van der Waals surface area contributed by atoms with Gasteiger partial charge in [-0.15, -0.1) is 0 Å². The molecular formula is C15H18O4. The molecule has 1 aromatic carbocycles. The summed E-state index contributed by atoms with van der Waals surface area (Å²) in [5.74, 6) is -0.543. The highest BCUT2D eigenvalue weighted by Crippen LogP contribution is 2.47. The van der Waals surface area contributed by atoms with Gasteiger partial charge in [-0.2, -0.15) is 0 Å². The van der Waals surface area contributed by atoms with Gasteiger partial charge in [0.25, 0.3) is 5.78 Å². The van der Waals surface area contributed by atoms with Crippen molar-refractivity contribution < 1.29 is 19.1 Å². The summed E-state index contributed by atoms with van der Waals surface area (Å²) in [7, 11) is 1.57. The van der Waals surface area contributed by atoms with E-state index in [1.165, 1.54) is 0 Å². The van der Waals surface area contributed by atoms with Crippen LogP contribution in [0.2, 0.25) is 0 Å². The van der Waals surface area contributed by atoms with Crippen LogP contribution in [0.1, 0.15) is 31.7 Å². The van der Waals surface area contributed by atoms with E-state index in [1.54, 1.807) is 14.0 Å². The average Bonchev–Trinajstić information content (AvgIpc) is 2.38. The molecule has 0 atom stereocenters. The first-order valence-corrected chi connectivity index (χ1v) is 6.50. The first kappa shape index (κ1) is 13.6. The number of carbonyl (C=O) groups is 2. The van der Waals surface area contributed by atoms with E-state index in [0.29, 0.717) is 18.6 Å². The van der Waals surface area contributed by atoms with Crippen molar-refractivity contribution in [3.8, 4) is 5.75 Å². The van der Waals surface area contributed by atoms with E-state index in [1.807, 2.05) is 24.3 Å². The molecule has 0 spiro atoms. The van der Waals surface area contributed by atoms with Crippen molar-refractivity contribution in [1.82, 2.24) is 0 Å². The molecule has 0 unspecified atom stereocenters. The van der Waals surface area contributed by atoms with E-state index in [-0.39, 0.29) is 6.61 Å². The summed E-state index contributed by atoms with van der Waals surface area (Å²) in [5.41, 5.74) is 0.0422. The van der Waals surface area contributed by atoms with Crippen molar-refractivity contribution in [2.45, 2.75) is 31.6 Å². The van der Waals surface area contributed by atoms with Gasteiger partial charge in [0.2, 0.25) is 0 Å². The summed E-state index contributed by atoms with van der Waals surface area (Å²) in [4.78, 5) is 24.1. The molecule has 0 aliphatic heterocycles. The van der Waals surface area contributed by atoms with Crippen LogP contribution in [0, 0.1) is 0 Å². The molecule has 4 heteroatoms. The maximum atomic E-state index is 12.4. The lowest BCUT2D eigenvalue weighted by Gasteiger charge is -2.40. The van der Waals surface area contributed by atoms with Crippen molar-refractivity contribution in [1.29, 1.82) is 0 Å². The van der Waals surface area contributed by atoms with Crippen molar-refractivity contribution in [3.63, 3.8) is 0 Å². The molecule has 1 aliphatic rings. The summed E-state index contributed by atoms with van der Waals surface area (Å²) in [5, 5.41) is 0. The summed E-state index contributed by atoms with van der Waals surface area (Å²) in [6.45, 7) is 1.91. The van der Waals surface area contributed by atoms with Crippen LogP contribution in [0.3, 0.4) is 0 Å². The van der Waals surface area contributed by atoms with E-state index in [4.69, 9.17) is 9.47 Å². The third-order valence-electron chi connectivity index (χ3n) is 3.73. The van der Waals surface area contributed by atoms with Gasteiger partial charge in [0, 0.05) is 5.56 Å². The van der Waals surface area contributed by atoms with Crippen LogP contribution in [-0.2, 0) is 19.7 Å². The van der Waals surface area contributed by atoms with Gasteiger partial charge in [0.15, 0.2) is 0 Å². The SMILES string of the molecule is CCOC(=O)C(=O)C1(c2ccccc2OC)CCC1. The lowest BCUT2D eigenvalue weighted by molar-refractivity contribution is -0.157. The summed E-state index contributed by atoms with van der Waals surface area (Å²) < 4.78 is 10.2. The van der Waals surface area contributed by atoms with Crippen LogP contribution in [0.25, 0.3) is 0 Å². The van der Waals surface area contributed by atoms with Gasteiger partial charge in [0.05, 0.1) is 19.1 Å². The maximum absolute atomic E-state index is 12.4. The number of ether oxygens (including phenoxy) is 2.